The molecule has 31 heavy (non-hydrogen) atoms. The predicted octanol–water partition coefficient (Wildman–Crippen LogP) is 5.19. The number of unbranched alkanes of at least 4 members (excludes halogenated alkanes) is 2. The van der Waals surface area contributed by atoms with E-state index in [0.29, 0.717) is 37.9 Å². The van der Waals surface area contributed by atoms with Gasteiger partial charge in [-0.05, 0) is 57.3 Å². The number of carbonyl (C=O) groups is 1. The second-order valence-electron chi connectivity index (χ2n) is 9.10. The molecule has 0 saturated heterocycles. The smallest absolute Gasteiger partial charge is 0.132 e. The van der Waals surface area contributed by atoms with Crippen LogP contribution in [0.5, 0.6) is 0 Å². The summed E-state index contributed by atoms with van der Waals surface area (Å²) in [6, 6.07) is 0. The number of hydrogen-bond acceptors (Lipinski definition) is 4. The number of aliphatic hydroxyl groups is 3. The number of rotatable bonds is 14. The maximum Gasteiger partial charge on any atom is 0.132 e. The highest BCUT2D eigenvalue weighted by atomic mass is 16.3. The Balaban J connectivity index is 1.74. The first-order valence-electron chi connectivity index (χ1n) is 12.3. The second kappa shape index (κ2) is 14.5. The Bertz CT molecular complexity index is 646. The van der Waals surface area contributed by atoms with Gasteiger partial charge < -0.3 is 15.3 Å². The van der Waals surface area contributed by atoms with E-state index in [1.165, 1.54) is 5.57 Å². The summed E-state index contributed by atoms with van der Waals surface area (Å²) in [5.74, 6) is 0.174. The average Bonchev–Trinajstić information content (AvgIpc) is 3.04. The third-order valence-electron chi connectivity index (χ3n) is 6.48. The molecule has 1 unspecified atom stereocenters. The Labute approximate surface area is 188 Å². The molecule has 0 radical (unpaired) electrons. The van der Waals surface area contributed by atoms with Crippen molar-refractivity contribution >= 4 is 5.78 Å². The highest BCUT2D eigenvalue weighted by Gasteiger charge is 2.39. The third kappa shape index (κ3) is 9.67. The van der Waals surface area contributed by atoms with Gasteiger partial charge in [0.1, 0.15) is 5.78 Å². The summed E-state index contributed by atoms with van der Waals surface area (Å²) in [6.45, 7) is 2.10. The van der Waals surface area contributed by atoms with Gasteiger partial charge in [0.25, 0.3) is 0 Å². The zero-order valence-electron chi connectivity index (χ0n) is 19.2. The summed E-state index contributed by atoms with van der Waals surface area (Å²) in [5, 5.41) is 31.1. The van der Waals surface area contributed by atoms with Gasteiger partial charge in [0, 0.05) is 25.2 Å². The molecule has 4 heteroatoms. The lowest BCUT2D eigenvalue weighted by Crippen LogP contribution is -2.20. The minimum Gasteiger partial charge on any atom is -0.393 e. The monoisotopic (exact) mass is 430 g/mol. The van der Waals surface area contributed by atoms with Gasteiger partial charge >= 0.3 is 0 Å². The van der Waals surface area contributed by atoms with Crippen LogP contribution in [0, 0.1) is 11.8 Å². The lowest BCUT2D eigenvalue weighted by atomic mass is 9.89. The number of ketones is 1. The minimum absolute atomic E-state index is 0.0372. The minimum atomic E-state index is -0.572. The van der Waals surface area contributed by atoms with Crippen LogP contribution < -0.4 is 0 Å². The molecule has 5 atom stereocenters. The fourth-order valence-electron chi connectivity index (χ4n) is 4.51. The van der Waals surface area contributed by atoms with E-state index in [2.05, 4.69) is 37.3 Å². The van der Waals surface area contributed by atoms with Crippen molar-refractivity contribution in [1.82, 2.24) is 0 Å². The van der Waals surface area contributed by atoms with Gasteiger partial charge in [0.2, 0.25) is 0 Å². The number of hydrogen-bond donors (Lipinski definition) is 3. The van der Waals surface area contributed by atoms with Crippen molar-refractivity contribution in [3.63, 3.8) is 0 Å². The Kier molecular flexibility index (Phi) is 12.1. The fraction of sp³-hybridized carbons (Fsp3) is 0.667. The first-order chi connectivity index (χ1) is 15.0. The summed E-state index contributed by atoms with van der Waals surface area (Å²) < 4.78 is 0. The van der Waals surface area contributed by atoms with Gasteiger partial charge in [-0.25, -0.2) is 0 Å². The van der Waals surface area contributed by atoms with Crippen molar-refractivity contribution in [1.29, 1.82) is 0 Å². The van der Waals surface area contributed by atoms with E-state index >= 15 is 0 Å². The lowest BCUT2D eigenvalue weighted by molar-refractivity contribution is -0.119. The molecule has 2 aliphatic carbocycles. The van der Waals surface area contributed by atoms with Crippen LogP contribution in [0.25, 0.3) is 0 Å². The Hall–Kier alpha value is -1.49. The number of Topliss-reactive ketones (excluding diaryl/α,β-unsaturated/α-hetero) is 1. The van der Waals surface area contributed by atoms with Gasteiger partial charge in [-0.3, -0.25) is 4.79 Å². The summed E-state index contributed by atoms with van der Waals surface area (Å²) >= 11 is 0. The van der Waals surface area contributed by atoms with Gasteiger partial charge in [-0.1, -0.05) is 61.4 Å². The molecule has 0 aliphatic heterocycles. The third-order valence-corrected chi connectivity index (χ3v) is 6.48. The van der Waals surface area contributed by atoms with Crippen LogP contribution in [0.3, 0.4) is 0 Å². The van der Waals surface area contributed by atoms with E-state index in [-0.39, 0.29) is 11.8 Å². The van der Waals surface area contributed by atoms with E-state index < -0.39 is 18.3 Å². The van der Waals surface area contributed by atoms with Crippen LogP contribution in [0.15, 0.2) is 48.1 Å². The van der Waals surface area contributed by atoms with E-state index in [0.717, 1.165) is 44.9 Å². The van der Waals surface area contributed by atoms with Crippen LogP contribution in [0.2, 0.25) is 0 Å². The number of allylic oxidation sites excluding steroid dienone is 6. The van der Waals surface area contributed by atoms with Crippen molar-refractivity contribution < 1.29 is 20.1 Å². The van der Waals surface area contributed by atoms with Crippen molar-refractivity contribution in [2.45, 2.75) is 102 Å². The van der Waals surface area contributed by atoms with E-state index in [1.54, 1.807) is 6.08 Å². The number of carbonyl (C=O) groups excluding carboxylic acids is 1. The van der Waals surface area contributed by atoms with Gasteiger partial charge in [-0.2, -0.15) is 0 Å². The summed E-state index contributed by atoms with van der Waals surface area (Å²) in [7, 11) is 0. The highest BCUT2D eigenvalue weighted by molar-refractivity contribution is 5.78. The normalized spacial score (nSPS) is 27.3. The summed E-state index contributed by atoms with van der Waals surface area (Å²) in [5.41, 5.74) is 1.28. The van der Waals surface area contributed by atoms with Crippen molar-refractivity contribution in [3.05, 3.63) is 48.1 Å². The summed E-state index contributed by atoms with van der Waals surface area (Å²) in [4.78, 5) is 11.7. The molecule has 0 aromatic carbocycles. The average molecular weight is 431 g/mol. The Morgan fingerprint density at radius 3 is 2.71 bits per heavy atom. The molecule has 1 fully saturated rings. The number of aliphatic hydroxyl groups excluding tert-OH is 3. The molecule has 1 saturated carbocycles. The van der Waals surface area contributed by atoms with Crippen LogP contribution in [-0.4, -0.2) is 39.4 Å². The van der Waals surface area contributed by atoms with E-state index in [9.17, 15) is 20.1 Å². The first-order valence-corrected chi connectivity index (χ1v) is 12.3. The SMILES string of the molecule is CCCCC(=O)CCC/C=C\C[C@H]1[C@@H](O)CC(O)[C@@H]1/C=C/[C@@H](O)CCC1=CCCC=C1. The molecule has 2 aliphatic rings. The standard InChI is InChI=1S/C27H42O4/c1-2-3-13-22(28)14-9-4-5-10-15-24-25(27(31)20-26(24)30)19-18-23(29)17-16-21-11-7-6-8-12-21/h5,7,10-12,18-19,23-27,29-31H,2-4,6,8-9,13-17,20H2,1H3/b10-5-,19-18+/t23-,24+,25+,26-,27?/m0/s1. The lowest BCUT2D eigenvalue weighted by Gasteiger charge is -2.19. The summed E-state index contributed by atoms with van der Waals surface area (Å²) in [6.07, 6.45) is 22.7. The van der Waals surface area contributed by atoms with E-state index in [4.69, 9.17) is 0 Å². The topological polar surface area (TPSA) is 77.8 Å². The molecule has 0 bridgehead atoms. The molecular weight excluding hydrogens is 388 g/mol. The maximum atomic E-state index is 11.7. The second-order valence-corrected chi connectivity index (χ2v) is 9.10. The molecular formula is C27H42O4. The largest absolute Gasteiger partial charge is 0.393 e. The van der Waals surface area contributed by atoms with Crippen molar-refractivity contribution in [3.8, 4) is 0 Å². The first kappa shape index (κ1) is 25.8. The zero-order chi connectivity index (χ0) is 22.5. The fourth-order valence-corrected chi connectivity index (χ4v) is 4.51. The molecule has 174 valence electrons. The highest BCUT2D eigenvalue weighted by Crippen LogP contribution is 2.36. The van der Waals surface area contributed by atoms with Crippen molar-refractivity contribution in [2.24, 2.45) is 11.8 Å². The van der Waals surface area contributed by atoms with Gasteiger partial charge in [0.05, 0.1) is 18.3 Å². The van der Waals surface area contributed by atoms with Crippen LogP contribution in [0.1, 0.15) is 84.0 Å². The predicted molar refractivity (Wildman–Crippen MR) is 127 cm³/mol. The molecule has 0 spiro atoms. The quantitative estimate of drug-likeness (QED) is 0.262. The molecule has 0 aromatic rings. The van der Waals surface area contributed by atoms with Crippen LogP contribution >= 0.6 is 0 Å². The van der Waals surface area contributed by atoms with Crippen molar-refractivity contribution in [2.75, 3.05) is 0 Å². The Morgan fingerprint density at radius 1 is 1.16 bits per heavy atom. The van der Waals surface area contributed by atoms with E-state index in [1.807, 2.05) is 6.08 Å². The molecule has 0 amide bonds. The van der Waals surface area contributed by atoms with Crippen LogP contribution in [0.4, 0.5) is 0 Å². The molecule has 3 N–H and O–H groups in total. The maximum absolute atomic E-state index is 11.7. The van der Waals surface area contributed by atoms with Crippen LogP contribution in [-0.2, 0) is 4.79 Å². The molecule has 0 heterocycles. The zero-order valence-corrected chi connectivity index (χ0v) is 19.2. The van der Waals surface area contributed by atoms with Gasteiger partial charge in [-0.15, -0.1) is 0 Å². The Morgan fingerprint density at radius 2 is 1.97 bits per heavy atom. The molecule has 0 aromatic heterocycles. The molecule has 4 nitrogen and oxygen atoms in total. The molecule has 2 rings (SSSR count). The van der Waals surface area contributed by atoms with Gasteiger partial charge in [0.15, 0.2) is 0 Å².